The molecule has 502 valence electrons. The molecule has 11 atom stereocenters. The van der Waals surface area contributed by atoms with E-state index in [2.05, 4.69) is 69.6 Å². The number of amides is 2. The SMILES string of the molecule is CO[C@H]1C(=O)[C@]2(C)[C@@H](OC)C[C@H]3OC[C@@]3(CC(C)=O)[C@H]2[C@H](OC(=O)c2ccccc2)[C@]2(O)C[C@H](OC(=O)[C@H](O)[C@@H](NC(=O)CCCCCNC(=O)c3ccc(CO)c(C4=C5C=CC(=[N+](C)C)C=C5[Si](C)(C)c5cc(N(C)C)ccc54)c3)c3ccccc3)C(C)=C1C2(C)C.[I-]. The van der Waals surface area contributed by atoms with Crippen LogP contribution in [0.15, 0.2) is 137 Å². The van der Waals surface area contributed by atoms with Gasteiger partial charge in [0.1, 0.15) is 51.9 Å². The van der Waals surface area contributed by atoms with E-state index < -0.39 is 109 Å². The Morgan fingerprint density at radius 2 is 1.55 bits per heavy atom. The third-order valence-electron chi connectivity index (χ3n) is 21.3. The Morgan fingerprint density at radius 1 is 0.862 bits per heavy atom. The van der Waals surface area contributed by atoms with E-state index in [-0.39, 0.29) is 79.3 Å². The number of ketones is 2. The standard InChI is InChI=1S/C74H90N4O14Si.HI/c1-43(80)39-73-42-90-58(73)38-57(88-10)72(5)65(73)67(92-69(85)46-25-19-15-20-26-46)74(87)40-54(44(2)61(71(74,3)4)64(89-11)66(72)83)91-70(86)63(82)62(45-23-17-14-18-24-45)76-59(81)27-21-16-22-34-75-68(84)47-28-29-48(41-79)53(35-47)60-51-32-30-49(77(6)7)36-55(51)93(12,13)56-37-50(78(8)9)31-33-52(56)60;/h14-15,17-20,23-26,28-33,35-37,54,57-58,62-65,67,79,82,87H,16,21-22,27,34,38-42H2,1-13H3,(H-,75,76,81,84);1H/t54-,57-,58+,62-,63+,64+,65-,67-,72+,73+,74+;/m0./s1. The highest BCUT2D eigenvalue weighted by Gasteiger charge is 2.77. The first-order valence-corrected chi connectivity index (χ1v) is 35.3. The van der Waals surface area contributed by atoms with Crippen molar-refractivity contribution in [2.45, 2.75) is 148 Å². The zero-order valence-electron chi connectivity index (χ0n) is 56.3. The predicted molar refractivity (Wildman–Crippen MR) is 357 cm³/mol. The largest absolute Gasteiger partial charge is 1.00 e. The topological polar surface area (TPSA) is 240 Å². The Kier molecular flexibility index (Phi) is 21.4. The van der Waals surface area contributed by atoms with E-state index in [1.807, 2.05) is 40.3 Å². The number of nitrogens with zero attached hydrogens (tertiary/aromatic N) is 2. The van der Waals surface area contributed by atoms with Crippen LogP contribution in [-0.4, -0.2) is 167 Å². The van der Waals surface area contributed by atoms with Crippen molar-refractivity contribution in [1.29, 1.82) is 0 Å². The molecule has 20 heteroatoms. The molecule has 2 saturated carbocycles. The molecule has 2 bridgehead atoms. The summed E-state index contributed by atoms with van der Waals surface area (Å²) in [5, 5.41) is 45.5. The number of hydrogen-bond donors (Lipinski definition) is 5. The molecular formula is C74H91IN4O14Si. The minimum Gasteiger partial charge on any atom is -1.00 e. The molecular weight excluding hydrogens is 1320 g/mol. The van der Waals surface area contributed by atoms with Gasteiger partial charge in [-0.2, -0.15) is 0 Å². The number of Topliss-reactive ketones (excluding diaryl/α,β-unsaturated/α-hetero) is 2. The Morgan fingerprint density at radius 3 is 2.17 bits per heavy atom. The highest BCUT2D eigenvalue weighted by atomic mass is 127. The molecule has 94 heavy (non-hydrogen) atoms. The lowest BCUT2D eigenvalue weighted by atomic mass is 9.41. The number of benzene rings is 4. The van der Waals surface area contributed by atoms with E-state index in [0.29, 0.717) is 48.1 Å². The van der Waals surface area contributed by atoms with Crippen LogP contribution in [0.25, 0.3) is 5.57 Å². The predicted octanol–water partition coefficient (Wildman–Crippen LogP) is 4.86. The van der Waals surface area contributed by atoms with Crippen LogP contribution in [0.3, 0.4) is 0 Å². The second-order valence-electron chi connectivity index (χ2n) is 27.8. The summed E-state index contributed by atoms with van der Waals surface area (Å²) in [6, 6.07) is 27.5. The Bertz CT molecular complexity index is 3780. The molecule has 18 nitrogen and oxygen atoms in total. The zero-order valence-corrected chi connectivity index (χ0v) is 59.4. The molecule has 4 aromatic carbocycles. The van der Waals surface area contributed by atoms with Crippen molar-refractivity contribution < 1.29 is 96.3 Å². The molecule has 1 saturated heterocycles. The van der Waals surface area contributed by atoms with Crippen molar-refractivity contribution in [2.24, 2.45) is 22.2 Å². The van der Waals surface area contributed by atoms with Gasteiger partial charge in [-0.1, -0.05) is 94.0 Å². The molecule has 0 radical (unpaired) electrons. The number of aliphatic hydroxyl groups excluding tert-OH is 2. The van der Waals surface area contributed by atoms with Gasteiger partial charge >= 0.3 is 11.9 Å². The number of rotatable bonds is 21. The number of hydrogen-bond acceptors (Lipinski definition) is 15. The van der Waals surface area contributed by atoms with Gasteiger partial charge in [0.25, 0.3) is 5.91 Å². The summed E-state index contributed by atoms with van der Waals surface area (Å²) >= 11 is 0. The summed E-state index contributed by atoms with van der Waals surface area (Å²) in [4.78, 5) is 88.8. The molecule has 3 fully saturated rings. The van der Waals surface area contributed by atoms with Gasteiger partial charge < -0.3 is 83.3 Å². The van der Waals surface area contributed by atoms with Gasteiger partial charge in [-0.3, -0.25) is 14.4 Å². The van der Waals surface area contributed by atoms with Crippen LogP contribution in [0.5, 0.6) is 0 Å². The maximum absolute atomic E-state index is 15.9. The quantitative estimate of drug-likeness (QED) is 0.0187. The summed E-state index contributed by atoms with van der Waals surface area (Å²) in [5.41, 5.74) is 2.18. The van der Waals surface area contributed by atoms with Crippen molar-refractivity contribution in [3.63, 3.8) is 0 Å². The monoisotopic (exact) mass is 1410 g/mol. The van der Waals surface area contributed by atoms with Crippen LogP contribution >= 0.6 is 0 Å². The van der Waals surface area contributed by atoms with E-state index in [4.69, 9.17) is 23.7 Å². The molecule has 2 aliphatic heterocycles. The smallest absolute Gasteiger partial charge is 0.338 e. The second kappa shape index (κ2) is 28.1. The minimum atomic E-state index is -2.26. The molecule has 10 rings (SSSR count). The van der Waals surface area contributed by atoms with Crippen LogP contribution in [-0.2, 0) is 49.5 Å². The van der Waals surface area contributed by atoms with Gasteiger partial charge in [-0.15, -0.1) is 0 Å². The van der Waals surface area contributed by atoms with Gasteiger partial charge in [-0.05, 0) is 131 Å². The van der Waals surface area contributed by atoms with Gasteiger partial charge in [0, 0.05) is 101 Å². The van der Waals surface area contributed by atoms with Crippen molar-refractivity contribution in [2.75, 3.05) is 60.5 Å². The summed E-state index contributed by atoms with van der Waals surface area (Å²) in [5.74, 6) is -4.44. The molecule has 4 aliphatic carbocycles. The number of ether oxygens (including phenoxy) is 5. The van der Waals surface area contributed by atoms with E-state index in [1.165, 1.54) is 31.5 Å². The van der Waals surface area contributed by atoms with E-state index in [0.717, 1.165) is 33.7 Å². The van der Waals surface area contributed by atoms with Gasteiger partial charge in [0.15, 0.2) is 17.6 Å². The number of anilines is 1. The van der Waals surface area contributed by atoms with E-state index in [9.17, 15) is 39.3 Å². The molecule has 6 aliphatic rings. The molecule has 0 aromatic heterocycles. The second-order valence-corrected chi connectivity index (χ2v) is 32.2. The number of nitrogens with one attached hydrogen (secondary N) is 2. The summed E-state index contributed by atoms with van der Waals surface area (Å²) < 4.78 is 33.7. The lowest BCUT2D eigenvalue weighted by Crippen LogP contribution is -3.00. The van der Waals surface area contributed by atoms with Crippen LogP contribution in [0.4, 0.5) is 5.69 Å². The average Bonchev–Trinajstić information content (AvgIpc) is 0.669. The third-order valence-corrected chi connectivity index (χ3v) is 24.8. The number of carbonyl (C=O) groups excluding carboxylic acids is 6. The van der Waals surface area contributed by atoms with Crippen LogP contribution in [0.2, 0.25) is 13.1 Å². The average molecular weight is 1420 g/mol. The molecule has 4 aromatic rings. The Balaban J connectivity index is 0.0000104. The van der Waals surface area contributed by atoms with E-state index in [1.54, 1.807) is 94.4 Å². The van der Waals surface area contributed by atoms with Crippen LogP contribution < -0.4 is 44.7 Å². The van der Waals surface area contributed by atoms with Gasteiger partial charge in [-0.25, -0.2) is 14.2 Å². The van der Waals surface area contributed by atoms with Crippen LogP contribution in [0.1, 0.15) is 129 Å². The van der Waals surface area contributed by atoms with Crippen molar-refractivity contribution in [3.05, 3.63) is 171 Å². The molecule has 0 unspecified atom stereocenters. The fraction of sp³-hybridized carbons (Fsp3) is 0.473. The van der Waals surface area contributed by atoms with Gasteiger partial charge in [0.2, 0.25) is 5.91 Å². The van der Waals surface area contributed by atoms with Gasteiger partial charge in [0.05, 0.1) is 42.4 Å². The van der Waals surface area contributed by atoms with Crippen molar-refractivity contribution in [1.82, 2.24) is 10.6 Å². The number of halogens is 1. The number of esters is 2. The highest BCUT2D eigenvalue weighted by Crippen LogP contribution is 2.67. The summed E-state index contributed by atoms with van der Waals surface area (Å²) in [7, 11) is 8.74. The van der Waals surface area contributed by atoms with Crippen molar-refractivity contribution >= 4 is 65.6 Å². The third kappa shape index (κ3) is 12.7. The summed E-state index contributed by atoms with van der Waals surface area (Å²) in [6.45, 7) is 13.2. The molecule has 5 N–H and O–H groups in total. The molecule has 2 heterocycles. The fourth-order valence-corrected chi connectivity index (χ4v) is 19.1. The highest BCUT2D eigenvalue weighted by molar-refractivity contribution is 6.98. The number of methoxy groups -OCH3 is 2. The number of carbonyl (C=O) groups is 6. The fourth-order valence-electron chi connectivity index (χ4n) is 16.1. The van der Waals surface area contributed by atoms with E-state index >= 15 is 4.79 Å². The molecule has 2 amide bonds. The lowest BCUT2D eigenvalue weighted by molar-refractivity contribution is -0.462. The Hall–Kier alpha value is -6.76. The molecule has 0 spiro atoms. The number of fused-ring (bicyclic) bond motifs is 7. The first kappa shape index (κ1) is 71.5. The zero-order chi connectivity index (χ0) is 67.3. The Labute approximate surface area is 569 Å². The number of unbranched alkanes of at least 4 members (excludes halogenated alkanes) is 2. The normalized spacial score (nSPS) is 26.8. The number of allylic oxidation sites excluding steroid dienone is 5. The first-order valence-electron chi connectivity index (χ1n) is 32.3. The summed E-state index contributed by atoms with van der Waals surface area (Å²) in [6.07, 6.45) is 0.106. The first-order chi connectivity index (χ1) is 44.1. The number of aliphatic hydroxyl groups is 3. The maximum Gasteiger partial charge on any atom is 0.338 e. The maximum atomic E-state index is 15.9. The lowest BCUT2D eigenvalue weighted by Gasteiger charge is -2.69. The van der Waals surface area contributed by atoms with Crippen molar-refractivity contribution in [3.8, 4) is 0 Å². The minimum absolute atomic E-state index is 0. The van der Waals surface area contributed by atoms with Crippen LogP contribution in [0, 0.1) is 22.2 Å².